The van der Waals surface area contributed by atoms with Crippen LogP contribution >= 0.6 is 0 Å². The van der Waals surface area contributed by atoms with E-state index in [2.05, 4.69) is 23.7 Å². The van der Waals surface area contributed by atoms with Crippen molar-refractivity contribution in [3.05, 3.63) is 12.7 Å². The number of nitrogens with zero attached hydrogens (tertiary/aromatic N) is 2. The predicted molar refractivity (Wildman–Crippen MR) is 66.3 cm³/mol. The molecule has 0 aromatic heterocycles. The average molecular weight is 225 g/mol. The lowest BCUT2D eigenvalue weighted by molar-refractivity contribution is -0.134. The van der Waals surface area contributed by atoms with Crippen LogP contribution < -0.4 is 5.32 Å². The Morgan fingerprint density at radius 2 is 2.31 bits per heavy atom. The van der Waals surface area contributed by atoms with E-state index in [9.17, 15) is 4.79 Å². The number of likely N-dealkylation sites (N-methyl/N-ethyl adjacent to an activating group) is 2. The summed E-state index contributed by atoms with van der Waals surface area (Å²) in [4.78, 5) is 16.3. The molecule has 2 atom stereocenters. The molecule has 2 unspecified atom stereocenters. The monoisotopic (exact) mass is 225 g/mol. The van der Waals surface area contributed by atoms with E-state index in [1.165, 1.54) is 0 Å². The Bertz CT molecular complexity index is 255. The van der Waals surface area contributed by atoms with Crippen LogP contribution in [-0.2, 0) is 4.79 Å². The van der Waals surface area contributed by atoms with E-state index in [1.807, 2.05) is 19.0 Å². The zero-order valence-corrected chi connectivity index (χ0v) is 10.6. The second kappa shape index (κ2) is 6.01. The minimum Gasteiger partial charge on any atom is -0.338 e. The minimum absolute atomic E-state index is 0.0533. The van der Waals surface area contributed by atoms with Gasteiger partial charge in [0.05, 0.1) is 0 Å². The zero-order valence-electron chi connectivity index (χ0n) is 10.6. The molecule has 16 heavy (non-hydrogen) atoms. The molecule has 1 amide bonds. The number of carbonyl (C=O) groups is 1. The lowest BCUT2D eigenvalue weighted by atomic mass is 10.2. The van der Waals surface area contributed by atoms with Crippen LogP contribution in [0.2, 0.25) is 0 Å². The molecule has 1 saturated heterocycles. The standard InChI is InChI=1S/C12H23N3O/c1-5-7-15-8-6-10(2)14(4)11(9-13-3)12(15)16/h5,10-11,13H,1,6-9H2,2-4H3. The maximum absolute atomic E-state index is 12.3. The van der Waals surface area contributed by atoms with Crippen LogP contribution in [-0.4, -0.2) is 61.5 Å². The average Bonchev–Trinajstić information content (AvgIpc) is 2.36. The van der Waals surface area contributed by atoms with Crippen molar-refractivity contribution in [3.8, 4) is 0 Å². The van der Waals surface area contributed by atoms with Gasteiger partial charge in [-0.1, -0.05) is 6.08 Å². The molecule has 0 aromatic rings. The van der Waals surface area contributed by atoms with Crippen LogP contribution in [0.3, 0.4) is 0 Å². The summed E-state index contributed by atoms with van der Waals surface area (Å²) in [7, 11) is 3.91. The van der Waals surface area contributed by atoms with E-state index < -0.39 is 0 Å². The second-order valence-electron chi connectivity index (χ2n) is 4.45. The number of hydrogen-bond donors (Lipinski definition) is 1. The minimum atomic E-state index is -0.0533. The fourth-order valence-corrected chi connectivity index (χ4v) is 2.11. The summed E-state index contributed by atoms with van der Waals surface area (Å²) in [6, 6.07) is 0.388. The first-order valence-corrected chi connectivity index (χ1v) is 5.88. The third-order valence-electron chi connectivity index (χ3n) is 3.35. The van der Waals surface area contributed by atoms with Crippen LogP contribution in [0.25, 0.3) is 0 Å². The van der Waals surface area contributed by atoms with Crippen molar-refractivity contribution < 1.29 is 4.79 Å². The number of hydrogen-bond acceptors (Lipinski definition) is 3. The van der Waals surface area contributed by atoms with E-state index in [4.69, 9.17) is 0 Å². The number of nitrogens with one attached hydrogen (secondary N) is 1. The van der Waals surface area contributed by atoms with Gasteiger partial charge in [0.15, 0.2) is 0 Å². The highest BCUT2D eigenvalue weighted by atomic mass is 16.2. The van der Waals surface area contributed by atoms with Crippen molar-refractivity contribution in [3.63, 3.8) is 0 Å². The van der Waals surface area contributed by atoms with E-state index in [1.54, 1.807) is 6.08 Å². The van der Waals surface area contributed by atoms with Crippen LogP contribution in [0.5, 0.6) is 0 Å². The molecule has 1 heterocycles. The van der Waals surface area contributed by atoms with E-state index in [0.717, 1.165) is 13.0 Å². The summed E-state index contributed by atoms with van der Waals surface area (Å²) in [6.07, 6.45) is 2.82. The van der Waals surface area contributed by atoms with Gasteiger partial charge < -0.3 is 10.2 Å². The van der Waals surface area contributed by atoms with Gasteiger partial charge in [-0.2, -0.15) is 0 Å². The maximum Gasteiger partial charge on any atom is 0.241 e. The molecule has 1 rings (SSSR count). The summed E-state index contributed by atoms with van der Waals surface area (Å²) < 4.78 is 0. The molecule has 0 aromatic carbocycles. The topological polar surface area (TPSA) is 35.6 Å². The first-order chi connectivity index (χ1) is 7.61. The Balaban J connectivity index is 2.81. The Kier molecular flexibility index (Phi) is 4.96. The highest BCUT2D eigenvalue weighted by Crippen LogP contribution is 2.15. The second-order valence-corrected chi connectivity index (χ2v) is 4.45. The van der Waals surface area contributed by atoms with Crippen molar-refractivity contribution >= 4 is 5.91 Å². The highest BCUT2D eigenvalue weighted by Gasteiger charge is 2.32. The van der Waals surface area contributed by atoms with Gasteiger partial charge in [-0.15, -0.1) is 6.58 Å². The van der Waals surface area contributed by atoms with Gasteiger partial charge in [0.2, 0.25) is 5.91 Å². The van der Waals surface area contributed by atoms with Crippen LogP contribution in [0.4, 0.5) is 0 Å². The third-order valence-corrected chi connectivity index (χ3v) is 3.35. The molecule has 1 aliphatic heterocycles. The Hall–Kier alpha value is -0.870. The predicted octanol–water partition coefficient (Wildman–Crippen LogP) is 0.313. The molecule has 0 saturated carbocycles. The summed E-state index contributed by atoms with van der Waals surface area (Å²) in [5.74, 6) is 0.209. The van der Waals surface area contributed by atoms with Gasteiger partial charge in [0.25, 0.3) is 0 Å². The largest absolute Gasteiger partial charge is 0.338 e. The van der Waals surface area contributed by atoms with Gasteiger partial charge in [0.1, 0.15) is 6.04 Å². The van der Waals surface area contributed by atoms with E-state index >= 15 is 0 Å². The fraction of sp³-hybridized carbons (Fsp3) is 0.750. The van der Waals surface area contributed by atoms with Crippen molar-refractivity contribution in [2.75, 3.05) is 33.7 Å². The highest BCUT2D eigenvalue weighted by molar-refractivity contribution is 5.82. The van der Waals surface area contributed by atoms with Gasteiger partial charge in [-0.3, -0.25) is 9.69 Å². The third kappa shape index (κ3) is 2.83. The smallest absolute Gasteiger partial charge is 0.241 e. The van der Waals surface area contributed by atoms with Crippen molar-refractivity contribution in [1.29, 1.82) is 0 Å². The maximum atomic E-state index is 12.3. The quantitative estimate of drug-likeness (QED) is 0.700. The molecule has 92 valence electrons. The number of carbonyl (C=O) groups excluding carboxylic acids is 1. The lowest BCUT2D eigenvalue weighted by Crippen LogP contribution is -2.50. The molecule has 1 N–H and O–H groups in total. The molecule has 0 bridgehead atoms. The molecule has 1 fully saturated rings. The Morgan fingerprint density at radius 3 is 2.88 bits per heavy atom. The molecule has 0 aliphatic carbocycles. The molecule has 1 aliphatic rings. The van der Waals surface area contributed by atoms with Gasteiger partial charge in [-0.05, 0) is 27.4 Å². The van der Waals surface area contributed by atoms with Crippen LogP contribution in [0.15, 0.2) is 12.7 Å². The zero-order chi connectivity index (χ0) is 12.1. The molecule has 0 spiro atoms. The number of rotatable bonds is 4. The van der Waals surface area contributed by atoms with Crippen molar-refractivity contribution in [2.24, 2.45) is 0 Å². The molecular weight excluding hydrogens is 202 g/mol. The first kappa shape index (κ1) is 13.2. The summed E-state index contributed by atoms with van der Waals surface area (Å²) in [5, 5.41) is 3.09. The van der Waals surface area contributed by atoms with Crippen molar-refractivity contribution in [2.45, 2.75) is 25.4 Å². The number of amides is 1. The van der Waals surface area contributed by atoms with Crippen LogP contribution in [0.1, 0.15) is 13.3 Å². The van der Waals surface area contributed by atoms with Gasteiger partial charge in [0, 0.05) is 25.7 Å². The first-order valence-electron chi connectivity index (χ1n) is 5.88. The van der Waals surface area contributed by atoms with Crippen molar-refractivity contribution in [1.82, 2.24) is 15.1 Å². The molecule has 4 nitrogen and oxygen atoms in total. The molecular formula is C12H23N3O. The Labute approximate surface area is 98.3 Å². The summed E-state index contributed by atoms with van der Waals surface area (Å²) in [6.45, 7) is 8.06. The molecule has 0 radical (unpaired) electrons. The summed E-state index contributed by atoms with van der Waals surface area (Å²) >= 11 is 0. The van der Waals surface area contributed by atoms with E-state index in [-0.39, 0.29) is 11.9 Å². The van der Waals surface area contributed by atoms with Gasteiger partial charge >= 0.3 is 0 Å². The Morgan fingerprint density at radius 1 is 1.62 bits per heavy atom. The fourth-order valence-electron chi connectivity index (χ4n) is 2.11. The summed E-state index contributed by atoms with van der Waals surface area (Å²) in [5.41, 5.74) is 0. The molecule has 4 heteroatoms. The van der Waals surface area contributed by atoms with E-state index in [0.29, 0.717) is 19.1 Å². The lowest BCUT2D eigenvalue weighted by Gasteiger charge is -2.30. The van der Waals surface area contributed by atoms with Gasteiger partial charge in [-0.25, -0.2) is 0 Å². The van der Waals surface area contributed by atoms with Crippen LogP contribution in [0, 0.1) is 0 Å². The SMILES string of the molecule is C=CCN1CCC(C)N(C)C(CNC)C1=O. The normalized spacial score (nSPS) is 27.9.